The molecule has 31 heavy (non-hydrogen) atoms. The van der Waals surface area contributed by atoms with Crippen LogP contribution < -0.4 is 5.32 Å². The highest BCUT2D eigenvalue weighted by molar-refractivity contribution is 6.32. The Labute approximate surface area is 180 Å². The molecule has 6 nitrogen and oxygen atoms in total. The topological polar surface area (TPSA) is 82.0 Å². The van der Waals surface area contributed by atoms with Crippen LogP contribution in [0.1, 0.15) is 30.5 Å². The first-order valence-electron chi connectivity index (χ1n) is 10.0. The molecule has 0 fully saturated rings. The number of ether oxygens (including phenoxy) is 1. The van der Waals surface area contributed by atoms with Gasteiger partial charge in [0, 0.05) is 29.9 Å². The predicted molar refractivity (Wildman–Crippen MR) is 116 cm³/mol. The Balaban J connectivity index is 1.65. The van der Waals surface area contributed by atoms with Crippen LogP contribution in [0.3, 0.4) is 0 Å². The van der Waals surface area contributed by atoms with E-state index in [2.05, 4.69) is 5.32 Å². The molecule has 0 saturated carbocycles. The molecular formula is C24H25FN2O4. The van der Waals surface area contributed by atoms with Crippen LogP contribution in [0, 0.1) is 5.82 Å². The van der Waals surface area contributed by atoms with Gasteiger partial charge in [-0.2, -0.15) is 0 Å². The third-order valence-electron chi connectivity index (χ3n) is 5.45. The van der Waals surface area contributed by atoms with Crippen molar-refractivity contribution in [3.8, 4) is 0 Å². The second-order valence-electron chi connectivity index (χ2n) is 8.43. The lowest BCUT2D eigenvalue weighted by Crippen LogP contribution is -2.28. The number of hydrogen-bond acceptors (Lipinski definition) is 5. The number of nitrogens with zero attached hydrogens (tertiary/aromatic N) is 1. The van der Waals surface area contributed by atoms with Gasteiger partial charge < -0.3 is 20.3 Å². The molecule has 0 aliphatic carbocycles. The minimum Gasteiger partial charge on any atom is -0.482 e. The summed E-state index contributed by atoms with van der Waals surface area (Å²) in [6.07, 6.45) is 0.474. The van der Waals surface area contributed by atoms with E-state index in [1.807, 2.05) is 56.1 Å². The molecule has 0 saturated heterocycles. The third kappa shape index (κ3) is 4.25. The molecule has 4 rings (SSSR count). The van der Waals surface area contributed by atoms with Gasteiger partial charge in [0.05, 0.1) is 5.57 Å². The largest absolute Gasteiger partial charge is 0.482 e. The molecule has 3 N–H and O–H groups in total. The van der Waals surface area contributed by atoms with Gasteiger partial charge in [0.2, 0.25) is 0 Å². The van der Waals surface area contributed by atoms with Crippen molar-refractivity contribution in [1.29, 1.82) is 0 Å². The molecule has 2 aliphatic rings. The number of amides is 1. The van der Waals surface area contributed by atoms with E-state index >= 15 is 0 Å². The summed E-state index contributed by atoms with van der Waals surface area (Å²) in [6.45, 7) is 4.59. The Hall–Kier alpha value is -3.00. The minimum absolute atomic E-state index is 0.162. The molecule has 1 amide bonds. The number of rotatable bonds is 5. The number of carbonyl (C=O) groups is 1. The molecule has 0 aromatic heterocycles. The third-order valence-corrected chi connectivity index (χ3v) is 5.45. The van der Waals surface area contributed by atoms with Gasteiger partial charge in [0.1, 0.15) is 17.2 Å². The summed E-state index contributed by atoms with van der Waals surface area (Å²) in [6, 6.07) is 12.1. The van der Waals surface area contributed by atoms with Crippen LogP contribution in [0.25, 0.3) is 11.1 Å². The fraction of sp³-hybridized carbons (Fsp3) is 0.292. The van der Waals surface area contributed by atoms with Gasteiger partial charge in [0.15, 0.2) is 6.29 Å². The Bertz CT molecular complexity index is 1090. The van der Waals surface area contributed by atoms with Crippen molar-refractivity contribution < 1.29 is 24.1 Å². The fourth-order valence-corrected chi connectivity index (χ4v) is 4.05. The molecule has 0 bridgehead atoms. The van der Waals surface area contributed by atoms with E-state index in [1.165, 1.54) is 12.1 Å². The van der Waals surface area contributed by atoms with Crippen LogP contribution in [0.15, 0.2) is 54.3 Å². The summed E-state index contributed by atoms with van der Waals surface area (Å²) < 4.78 is 19.9. The lowest BCUT2D eigenvalue weighted by Gasteiger charge is -2.24. The van der Waals surface area contributed by atoms with Crippen LogP contribution in [0.4, 0.5) is 10.1 Å². The summed E-state index contributed by atoms with van der Waals surface area (Å²) in [4.78, 5) is 14.4. The Kier molecular flexibility index (Phi) is 5.43. The number of nitrogens with one attached hydrogen (secondary N) is 1. The average Bonchev–Trinajstić information content (AvgIpc) is 3.16. The maximum atomic E-state index is 13.8. The van der Waals surface area contributed by atoms with Crippen molar-refractivity contribution in [1.82, 2.24) is 4.90 Å². The van der Waals surface area contributed by atoms with E-state index in [-0.39, 0.29) is 12.5 Å². The Morgan fingerprint density at radius 1 is 1.16 bits per heavy atom. The van der Waals surface area contributed by atoms with Gasteiger partial charge in [-0.1, -0.05) is 24.3 Å². The molecule has 0 unspecified atom stereocenters. The SMILES string of the molecule is CN(Cc1ccc(C2=C/C(=C3\C(=O)Nc4ccc(F)cc43)OC2(C)C)cc1)CC(O)O. The van der Waals surface area contributed by atoms with Gasteiger partial charge in [-0.3, -0.25) is 9.69 Å². The molecule has 162 valence electrons. The number of benzene rings is 2. The van der Waals surface area contributed by atoms with E-state index in [4.69, 9.17) is 14.9 Å². The zero-order valence-electron chi connectivity index (χ0n) is 17.6. The molecule has 7 heteroatoms. The number of allylic oxidation sites excluding steroid dienone is 1. The van der Waals surface area contributed by atoms with Crippen LogP contribution in [0.2, 0.25) is 0 Å². The lowest BCUT2D eigenvalue weighted by atomic mass is 9.91. The average molecular weight is 424 g/mol. The summed E-state index contributed by atoms with van der Waals surface area (Å²) in [5, 5.41) is 20.9. The lowest BCUT2D eigenvalue weighted by molar-refractivity contribution is -0.111. The van der Waals surface area contributed by atoms with Crippen molar-refractivity contribution in [2.24, 2.45) is 0 Å². The molecule has 2 aliphatic heterocycles. The first-order chi connectivity index (χ1) is 14.6. The van der Waals surface area contributed by atoms with Crippen molar-refractivity contribution in [3.63, 3.8) is 0 Å². The minimum atomic E-state index is -1.37. The molecule has 0 radical (unpaired) electrons. The molecule has 0 atom stereocenters. The highest BCUT2D eigenvalue weighted by atomic mass is 19.1. The summed E-state index contributed by atoms with van der Waals surface area (Å²) in [5.74, 6) is -0.306. The van der Waals surface area contributed by atoms with Gasteiger partial charge in [-0.25, -0.2) is 4.39 Å². The predicted octanol–water partition coefficient (Wildman–Crippen LogP) is 3.12. The molecular weight excluding hydrogens is 399 g/mol. The van der Waals surface area contributed by atoms with Crippen molar-refractivity contribution >= 4 is 22.7 Å². The Morgan fingerprint density at radius 3 is 2.55 bits per heavy atom. The number of hydrogen-bond donors (Lipinski definition) is 3. The van der Waals surface area contributed by atoms with Gasteiger partial charge in [0.25, 0.3) is 5.91 Å². The summed E-state index contributed by atoms with van der Waals surface area (Å²) >= 11 is 0. The maximum absolute atomic E-state index is 13.8. The highest BCUT2D eigenvalue weighted by Gasteiger charge is 2.38. The molecule has 0 spiro atoms. The quantitative estimate of drug-likeness (QED) is 0.508. The number of aliphatic hydroxyl groups excluding tert-OH is 1. The number of fused-ring (bicyclic) bond motifs is 1. The van der Waals surface area contributed by atoms with Crippen molar-refractivity contribution in [2.75, 3.05) is 18.9 Å². The zero-order chi connectivity index (χ0) is 22.3. The Morgan fingerprint density at radius 2 is 1.87 bits per heavy atom. The van der Waals surface area contributed by atoms with Crippen LogP contribution in [-0.2, 0) is 16.1 Å². The van der Waals surface area contributed by atoms with Gasteiger partial charge in [-0.15, -0.1) is 0 Å². The summed E-state index contributed by atoms with van der Waals surface area (Å²) in [5.41, 5.74) is 3.63. The second-order valence-corrected chi connectivity index (χ2v) is 8.43. The van der Waals surface area contributed by atoms with Crippen molar-refractivity contribution in [2.45, 2.75) is 32.3 Å². The monoisotopic (exact) mass is 424 g/mol. The molecule has 2 heterocycles. The number of halogens is 1. The number of carbonyl (C=O) groups excluding carboxylic acids is 1. The number of likely N-dealkylation sites (N-methyl/N-ethyl adjacent to an activating group) is 1. The molecule has 2 aromatic carbocycles. The van der Waals surface area contributed by atoms with E-state index < -0.39 is 17.7 Å². The highest BCUT2D eigenvalue weighted by Crippen LogP contribution is 2.44. The summed E-state index contributed by atoms with van der Waals surface area (Å²) in [7, 11) is 1.82. The van der Waals surface area contributed by atoms with E-state index in [0.717, 1.165) is 16.7 Å². The fourth-order valence-electron chi connectivity index (χ4n) is 4.05. The van der Waals surface area contributed by atoms with Crippen LogP contribution in [-0.4, -0.2) is 46.5 Å². The van der Waals surface area contributed by atoms with Gasteiger partial charge in [-0.05, 0) is 56.3 Å². The van der Waals surface area contributed by atoms with E-state index in [1.54, 1.807) is 6.07 Å². The first-order valence-corrected chi connectivity index (χ1v) is 10.0. The van der Waals surface area contributed by atoms with Crippen LogP contribution >= 0.6 is 0 Å². The second kappa shape index (κ2) is 7.92. The van der Waals surface area contributed by atoms with Gasteiger partial charge >= 0.3 is 0 Å². The normalized spacial score (nSPS) is 19.5. The molecule has 2 aromatic rings. The standard InChI is InChI=1S/C24H25FN2O4/c1-24(2)18(15-6-4-14(5-7-15)12-27(3)13-21(28)29)11-20(31-24)22-17-10-16(25)8-9-19(17)26-23(22)30/h4-11,21,28-29H,12-13H2,1-3H3,(H,26,30)/b22-20+. The van der Waals surface area contributed by atoms with Crippen LogP contribution in [0.5, 0.6) is 0 Å². The van der Waals surface area contributed by atoms with E-state index in [9.17, 15) is 9.18 Å². The zero-order valence-corrected chi connectivity index (χ0v) is 17.6. The van der Waals surface area contributed by atoms with Crippen molar-refractivity contribution in [3.05, 3.63) is 76.8 Å². The van der Waals surface area contributed by atoms with E-state index in [0.29, 0.717) is 29.1 Å². The number of aliphatic hydroxyl groups is 2. The smallest absolute Gasteiger partial charge is 0.260 e. The first kappa shape index (κ1) is 21.2. The maximum Gasteiger partial charge on any atom is 0.260 e. The number of anilines is 1.